The Labute approximate surface area is 105 Å². The summed E-state index contributed by atoms with van der Waals surface area (Å²) < 4.78 is 0. The van der Waals surface area contributed by atoms with E-state index in [4.69, 9.17) is 5.73 Å². The first-order valence-electron chi connectivity index (χ1n) is 7.15. The third-order valence-electron chi connectivity index (χ3n) is 4.32. The minimum atomic E-state index is -0.283. The predicted molar refractivity (Wildman–Crippen MR) is 69.5 cm³/mol. The third kappa shape index (κ3) is 2.82. The molecular formula is C14H26N2O. The van der Waals surface area contributed by atoms with Crippen LogP contribution in [0.25, 0.3) is 0 Å². The fourth-order valence-corrected chi connectivity index (χ4v) is 3.55. The molecule has 0 bridgehead atoms. The van der Waals surface area contributed by atoms with Gasteiger partial charge in [-0.2, -0.15) is 0 Å². The Kier molecular flexibility index (Phi) is 4.08. The van der Waals surface area contributed by atoms with E-state index >= 15 is 0 Å². The van der Waals surface area contributed by atoms with Crippen molar-refractivity contribution in [1.29, 1.82) is 0 Å². The molecule has 2 aliphatic rings. The van der Waals surface area contributed by atoms with Gasteiger partial charge in [0.15, 0.2) is 0 Å². The largest absolute Gasteiger partial charge is 0.338 e. The van der Waals surface area contributed by atoms with Gasteiger partial charge < -0.3 is 10.6 Å². The van der Waals surface area contributed by atoms with Crippen molar-refractivity contribution in [2.75, 3.05) is 6.54 Å². The van der Waals surface area contributed by atoms with Crippen LogP contribution in [0.5, 0.6) is 0 Å². The van der Waals surface area contributed by atoms with E-state index in [1.165, 1.54) is 32.1 Å². The molecule has 1 saturated carbocycles. The summed E-state index contributed by atoms with van der Waals surface area (Å²) >= 11 is 0. The highest BCUT2D eigenvalue weighted by atomic mass is 16.2. The summed E-state index contributed by atoms with van der Waals surface area (Å²) in [5.41, 5.74) is 6.04. The molecule has 2 N–H and O–H groups in total. The average molecular weight is 238 g/mol. The van der Waals surface area contributed by atoms with E-state index in [-0.39, 0.29) is 11.9 Å². The van der Waals surface area contributed by atoms with Crippen molar-refractivity contribution in [3.63, 3.8) is 0 Å². The molecule has 3 atom stereocenters. The van der Waals surface area contributed by atoms with Gasteiger partial charge in [-0.3, -0.25) is 4.79 Å². The van der Waals surface area contributed by atoms with E-state index < -0.39 is 0 Å². The van der Waals surface area contributed by atoms with Crippen LogP contribution in [0.4, 0.5) is 0 Å². The zero-order valence-electron chi connectivity index (χ0n) is 11.2. The number of amides is 1. The van der Waals surface area contributed by atoms with Crippen molar-refractivity contribution < 1.29 is 4.79 Å². The van der Waals surface area contributed by atoms with Gasteiger partial charge in [0.1, 0.15) is 0 Å². The maximum Gasteiger partial charge on any atom is 0.239 e. The molecule has 98 valence electrons. The Balaban J connectivity index is 1.98. The summed E-state index contributed by atoms with van der Waals surface area (Å²) in [5.74, 6) is 1.47. The van der Waals surface area contributed by atoms with E-state index in [0.29, 0.717) is 12.0 Å². The molecule has 1 heterocycles. The first-order chi connectivity index (χ1) is 8.09. The fraction of sp³-hybridized carbons (Fsp3) is 0.929. The fourth-order valence-electron chi connectivity index (χ4n) is 3.55. The lowest BCUT2D eigenvalue weighted by Crippen LogP contribution is -2.52. The third-order valence-corrected chi connectivity index (χ3v) is 4.32. The molecule has 1 amide bonds. The molecule has 3 nitrogen and oxygen atoms in total. The highest BCUT2D eigenvalue weighted by molar-refractivity contribution is 5.82. The first-order valence-corrected chi connectivity index (χ1v) is 7.15. The highest BCUT2D eigenvalue weighted by Crippen LogP contribution is 2.37. The van der Waals surface area contributed by atoms with E-state index in [2.05, 4.69) is 18.7 Å². The first kappa shape index (κ1) is 12.9. The van der Waals surface area contributed by atoms with Gasteiger partial charge in [-0.15, -0.1) is 0 Å². The van der Waals surface area contributed by atoms with E-state index in [9.17, 15) is 4.79 Å². The van der Waals surface area contributed by atoms with Crippen LogP contribution in [-0.2, 0) is 4.79 Å². The number of piperidine rings is 1. The van der Waals surface area contributed by atoms with Crippen LogP contribution in [0.2, 0.25) is 0 Å². The monoisotopic (exact) mass is 238 g/mol. The van der Waals surface area contributed by atoms with Gasteiger partial charge in [0.25, 0.3) is 0 Å². The van der Waals surface area contributed by atoms with Crippen molar-refractivity contribution >= 4 is 5.91 Å². The van der Waals surface area contributed by atoms with E-state index in [0.717, 1.165) is 18.9 Å². The van der Waals surface area contributed by atoms with Crippen LogP contribution in [0.3, 0.4) is 0 Å². The van der Waals surface area contributed by atoms with E-state index in [1.807, 2.05) is 0 Å². The lowest BCUT2D eigenvalue weighted by Gasteiger charge is -2.39. The molecule has 1 saturated heterocycles. The number of carbonyl (C=O) groups excluding carboxylic acids is 1. The van der Waals surface area contributed by atoms with Crippen molar-refractivity contribution in [3.8, 4) is 0 Å². The average Bonchev–Trinajstić information content (AvgIpc) is 2.74. The molecule has 0 radical (unpaired) electrons. The number of hydrogen-bond acceptors (Lipinski definition) is 2. The standard InChI is InChI=1S/C14H26N2O/c1-10(2)9-12(15)14(17)16-8-4-6-11-5-3-7-13(11)16/h10-13H,3-9,15H2,1-2H3/t11?,12-,13?/m1/s1. The van der Waals surface area contributed by atoms with Crippen molar-refractivity contribution in [2.24, 2.45) is 17.6 Å². The maximum atomic E-state index is 12.4. The maximum absolute atomic E-state index is 12.4. The summed E-state index contributed by atoms with van der Waals surface area (Å²) in [6.07, 6.45) is 7.10. The normalized spacial score (nSPS) is 30.5. The van der Waals surface area contributed by atoms with Gasteiger partial charge in [0.05, 0.1) is 6.04 Å². The number of nitrogens with zero attached hydrogens (tertiary/aromatic N) is 1. The molecule has 0 spiro atoms. The summed E-state index contributed by atoms with van der Waals surface area (Å²) in [4.78, 5) is 14.5. The number of hydrogen-bond donors (Lipinski definition) is 1. The van der Waals surface area contributed by atoms with Gasteiger partial charge >= 0.3 is 0 Å². The Morgan fingerprint density at radius 1 is 1.29 bits per heavy atom. The zero-order valence-corrected chi connectivity index (χ0v) is 11.2. The summed E-state index contributed by atoms with van der Waals surface area (Å²) in [7, 11) is 0. The molecule has 0 aromatic rings. The second-order valence-electron chi connectivity index (χ2n) is 6.17. The van der Waals surface area contributed by atoms with Crippen LogP contribution in [-0.4, -0.2) is 29.4 Å². The number of carbonyl (C=O) groups is 1. The van der Waals surface area contributed by atoms with Crippen LogP contribution < -0.4 is 5.73 Å². The van der Waals surface area contributed by atoms with Gasteiger partial charge in [-0.05, 0) is 43.9 Å². The van der Waals surface area contributed by atoms with Crippen molar-refractivity contribution in [3.05, 3.63) is 0 Å². The van der Waals surface area contributed by atoms with Crippen LogP contribution >= 0.6 is 0 Å². The van der Waals surface area contributed by atoms with Crippen molar-refractivity contribution in [2.45, 2.75) is 64.5 Å². The van der Waals surface area contributed by atoms with Crippen LogP contribution in [0, 0.1) is 11.8 Å². The van der Waals surface area contributed by atoms with Crippen molar-refractivity contribution in [1.82, 2.24) is 4.90 Å². The van der Waals surface area contributed by atoms with Gasteiger partial charge in [0.2, 0.25) is 5.91 Å². The number of likely N-dealkylation sites (tertiary alicyclic amines) is 1. The Morgan fingerprint density at radius 3 is 2.71 bits per heavy atom. The molecule has 2 rings (SSSR count). The van der Waals surface area contributed by atoms with Gasteiger partial charge in [0, 0.05) is 12.6 Å². The summed E-state index contributed by atoms with van der Waals surface area (Å²) in [6, 6.07) is 0.226. The summed E-state index contributed by atoms with van der Waals surface area (Å²) in [5, 5.41) is 0. The number of nitrogens with two attached hydrogens (primary N) is 1. The number of fused-ring (bicyclic) bond motifs is 1. The van der Waals surface area contributed by atoms with Gasteiger partial charge in [-0.25, -0.2) is 0 Å². The highest BCUT2D eigenvalue weighted by Gasteiger charge is 2.38. The minimum Gasteiger partial charge on any atom is -0.338 e. The molecule has 0 aromatic carbocycles. The van der Waals surface area contributed by atoms with E-state index in [1.54, 1.807) is 0 Å². The van der Waals surface area contributed by atoms with Crippen LogP contribution in [0.15, 0.2) is 0 Å². The molecule has 2 fully saturated rings. The number of rotatable bonds is 3. The summed E-state index contributed by atoms with van der Waals surface area (Å²) in [6.45, 7) is 5.19. The predicted octanol–water partition coefficient (Wildman–Crippen LogP) is 2.15. The second kappa shape index (κ2) is 5.38. The molecule has 3 heteroatoms. The molecule has 1 aliphatic heterocycles. The Hall–Kier alpha value is -0.570. The van der Waals surface area contributed by atoms with Gasteiger partial charge in [-0.1, -0.05) is 20.3 Å². The lowest BCUT2D eigenvalue weighted by atomic mass is 9.91. The minimum absolute atomic E-state index is 0.204. The molecule has 0 aromatic heterocycles. The van der Waals surface area contributed by atoms with Crippen LogP contribution in [0.1, 0.15) is 52.4 Å². The Bertz CT molecular complexity index is 277. The molecule has 17 heavy (non-hydrogen) atoms. The lowest BCUT2D eigenvalue weighted by molar-refractivity contribution is -0.137. The zero-order chi connectivity index (χ0) is 12.4. The quantitative estimate of drug-likeness (QED) is 0.819. The Morgan fingerprint density at radius 2 is 2.00 bits per heavy atom. The second-order valence-corrected chi connectivity index (χ2v) is 6.17. The topological polar surface area (TPSA) is 46.3 Å². The smallest absolute Gasteiger partial charge is 0.239 e. The SMILES string of the molecule is CC(C)C[C@@H](N)C(=O)N1CCCC2CCCC21. The molecular weight excluding hydrogens is 212 g/mol. The molecule has 2 unspecified atom stereocenters. The molecule has 1 aliphatic carbocycles.